The molecule has 0 aromatic heterocycles. The lowest BCUT2D eigenvalue weighted by Gasteiger charge is -2.15. The molecule has 0 heterocycles. The molecule has 7 nitrogen and oxygen atoms in total. The van der Waals surface area contributed by atoms with Crippen molar-refractivity contribution in [1.29, 1.82) is 0 Å². The Labute approximate surface area is 170 Å². The Morgan fingerprint density at radius 1 is 0.966 bits per heavy atom. The van der Waals surface area contributed by atoms with Crippen molar-refractivity contribution < 1.29 is 29.3 Å². The van der Waals surface area contributed by atoms with Crippen molar-refractivity contribution in [2.24, 2.45) is 0 Å². The van der Waals surface area contributed by atoms with Crippen LogP contribution in [0.4, 0.5) is 0 Å². The molecule has 3 rings (SSSR count). The average molecular weight is 401 g/mol. The van der Waals surface area contributed by atoms with E-state index < -0.39 is 11.9 Å². The van der Waals surface area contributed by atoms with Crippen LogP contribution in [0.1, 0.15) is 36.8 Å². The van der Waals surface area contributed by atoms with E-state index in [0.29, 0.717) is 12.6 Å². The first-order valence-electron chi connectivity index (χ1n) is 9.53. The first kappa shape index (κ1) is 22.2. The fourth-order valence-electron chi connectivity index (χ4n) is 3.07. The van der Waals surface area contributed by atoms with Gasteiger partial charge in [-0.3, -0.25) is 0 Å². The van der Waals surface area contributed by atoms with Gasteiger partial charge in [0.2, 0.25) is 0 Å². The van der Waals surface area contributed by atoms with Crippen LogP contribution >= 0.6 is 0 Å². The number of carboxylic acid groups (broad SMARTS) is 2. The lowest BCUT2D eigenvalue weighted by atomic mass is 10.1. The molecule has 2 aromatic carbocycles. The average Bonchev–Trinajstić information content (AvgIpc) is 3.25. The van der Waals surface area contributed by atoms with Gasteiger partial charge in [-0.05, 0) is 36.1 Å². The van der Waals surface area contributed by atoms with Gasteiger partial charge < -0.3 is 25.0 Å². The lowest BCUT2D eigenvalue weighted by molar-refractivity contribution is -0.159. The third-order valence-electron chi connectivity index (χ3n) is 4.60. The summed E-state index contributed by atoms with van der Waals surface area (Å²) in [5.41, 5.74) is 2.39. The van der Waals surface area contributed by atoms with Crippen molar-refractivity contribution in [1.82, 2.24) is 5.32 Å². The minimum Gasteiger partial charge on any atom is -0.493 e. The first-order chi connectivity index (χ1) is 14.0. The summed E-state index contributed by atoms with van der Waals surface area (Å²) in [5, 5.41) is 18.4. The van der Waals surface area contributed by atoms with Crippen LogP contribution in [0.25, 0.3) is 0 Å². The molecule has 0 unspecified atom stereocenters. The molecule has 1 saturated carbocycles. The number of carbonyl (C=O) groups is 2. The fourth-order valence-corrected chi connectivity index (χ4v) is 3.07. The van der Waals surface area contributed by atoms with Crippen molar-refractivity contribution in [3.63, 3.8) is 0 Å². The van der Waals surface area contributed by atoms with Gasteiger partial charge in [-0.25, -0.2) is 9.59 Å². The summed E-state index contributed by atoms with van der Waals surface area (Å²) in [6.07, 6.45) is 5.30. The van der Waals surface area contributed by atoms with Crippen LogP contribution in [-0.4, -0.2) is 35.3 Å². The molecule has 0 amide bonds. The molecule has 0 atom stereocenters. The quantitative estimate of drug-likeness (QED) is 0.610. The Morgan fingerprint density at radius 2 is 1.62 bits per heavy atom. The smallest absolute Gasteiger partial charge is 0.414 e. The van der Waals surface area contributed by atoms with E-state index in [2.05, 4.69) is 29.6 Å². The van der Waals surface area contributed by atoms with Crippen LogP contribution in [-0.2, 0) is 22.7 Å². The zero-order valence-electron chi connectivity index (χ0n) is 16.5. The maximum atomic E-state index is 9.10. The summed E-state index contributed by atoms with van der Waals surface area (Å²) in [7, 11) is 1.68. The highest BCUT2D eigenvalue weighted by Crippen LogP contribution is 2.29. The number of hydrogen-bond acceptors (Lipinski definition) is 5. The molecular weight excluding hydrogens is 374 g/mol. The summed E-state index contributed by atoms with van der Waals surface area (Å²) in [4.78, 5) is 18.2. The molecule has 0 aliphatic heterocycles. The van der Waals surface area contributed by atoms with E-state index in [4.69, 9.17) is 29.3 Å². The minimum absolute atomic E-state index is 0.552. The van der Waals surface area contributed by atoms with Crippen molar-refractivity contribution in [3.05, 3.63) is 59.7 Å². The normalized spacial score (nSPS) is 13.3. The molecule has 1 aliphatic carbocycles. The fraction of sp³-hybridized carbons (Fsp3) is 0.364. The van der Waals surface area contributed by atoms with Crippen LogP contribution < -0.4 is 14.8 Å². The van der Waals surface area contributed by atoms with Crippen LogP contribution in [0.15, 0.2) is 48.5 Å². The number of aliphatic carboxylic acids is 2. The van der Waals surface area contributed by atoms with Gasteiger partial charge in [0.05, 0.1) is 7.11 Å². The largest absolute Gasteiger partial charge is 0.493 e. The predicted octanol–water partition coefficient (Wildman–Crippen LogP) is 3.46. The molecule has 0 saturated heterocycles. The summed E-state index contributed by atoms with van der Waals surface area (Å²) < 4.78 is 11.4. The van der Waals surface area contributed by atoms with Gasteiger partial charge in [0.25, 0.3) is 0 Å². The highest BCUT2D eigenvalue weighted by molar-refractivity contribution is 6.27. The standard InChI is InChI=1S/C20H25NO2.C2H2O4/c1-22-19-12-11-17(14-21-18-9-5-6-10-18)13-20(19)23-15-16-7-3-2-4-8-16;3-1(4)2(5)6/h2-4,7-8,11-13,18,21H,5-6,9-10,14-15H2,1H3;(H,3,4)(H,5,6). The molecule has 3 N–H and O–H groups in total. The Bertz CT molecular complexity index is 775. The second-order valence-corrected chi connectivity index (χ2v) is 6.73. The summed E-state index contributed by atoms with van der Waals surface area (Å²) in [6.45, 7) is 1.44. The third kappa shape index (κ3) is 7.83. The van der Waals surface area contributed by atoms with Crippen molar-refractivity contribution in [3.8, 4) is 11.5 Å². The summed E-state index contributed by atoms with van der Waals surface area (Å²) >= 11 is 0. The van der Waals surface area contributed by atoms with Gasteiger partial charge in [-0.1, -0.05) is 49.2 Å². The zero-order chi connectivity index (χ0) is 21.1. The highest BCUT2D eigenvalue weighted by atomic mass is 16.5. The molecular formula is C22H27NO6. The predicted molar refractivity (Wildman–Crippen MR) is 108 cm³/mol. The van der Waals surface area contributed by atoms with Gasteiger partial charge in [-0.2, -0.15) is 0 Å². The number of methoxy groups -OCH3 is 1. The van der Waals surface area contributed by atoms with Gasteiger partial charge >= 0.3 is 11.9 Å². The van der Waals surface area contributed by atoms with E-state index in [9.17, 15) is 0 Å². The third-order valence-corrected chi connectivity index (χ3v) is 4.60. The van der Waals surface area contributed by atoms with E-state index in [1.807, 2.05) is 24.3 Å². The Hall–Kier alpha value is -3.06. The Kier molecular flexibility index (Phi) is 8.98. The number of ether oxygens (including phenoxy) is 2. The van der Waals surface area contributed by atoms with Crippen LogP contribution in [0.2, 0.25) is 0 Å². The van der Waals surface area contributed by atoms with Gasteiger partial charge in [-0.15, -0.1) is 0 Å². The summed E-state index contributed by atoms with van der Waals surface area (Å²) in [6, 6.07) is 17.1. The molecule has 2 aromatic rings. The van der Waals surface area contributed by atoms with Gasteiger partial charge in [0.15, 0.2) is 11.5 Å². The van der Waals surface area contributed by atoms with E-state index in [1.165, 1.54) is 31.2 Å². The van der Waals surface area contributed by atoms with E-state index >= 15 is 0 Å². The molecule has 1 fully saturated rings. The molecule has 7 heteroatoms. The van der Waals surface area contributed by atoms with Gasteiger partial charge in [0.1, 0.15) is 6.61 Å². The van der Waals surface area contributed by atoms with Crippen LogP contribution in [0, 0.1) is 0 Å². The molecule has 0 bridgehead atoms. The lowest BCUT2D eigenvalue weighted by Crippen LogP contribution is -2.25. The number of rotatable bonds is 7. The van der Waals surface area contributed by atoms with E-state index in [0.717, 1.165) is 23.6 Å². The second kappa shape index (κ2) is 11.7. The van der Waals surface area contributed by atoms with Crippen molar-refractivity contribution in [2.75, 3.05) is 7.11 Å². The topological polar surface area (TPSA) is 105 Å². The molecule has 0 spiro atoms. The Balaban J connectivity index is 0.000000438. The monoisotopic (exact) mass is 401 g/mol. The number of nitrogens with one attached hydrogen (secondary N) is 1. The molecule has 29 heavy (non-hydrogen) atoms. The molecule has 1 aliphatic rings. The second-order valence-electron chi connectivity index (χ2n) is 6.73. The van der Waals surface area contributed by atoms with Crippen molar-refractivity contribution >= 4 is 11.9 Å². The maximum absolute atomic E-state index is 9.10. The maximum Gasteiger partial charge on any atom is 0.414 e. The zero-order valence-corrected chi connectivity index (χ0v) is 16.5. The Morgan fingerprint density at radius 3 is 2.21 bits per heavy atom. The minimum atomic E-state index is -1.82. The number of hydrogen-bond donors (Lipinski definition) is 3. The van der Waals surface area contributed by atoms with E-state index in [1.54, 1.807) is 7.11 Å². The number of benzene rings is 2. The van der Waals surface area contributed by atoms with Crippen molar-refractivity contribution in [2.45, 2.75) is 44.9 Å². The first-order valence-corrected chi connectivity index (χ1v) is 9.53. The SMILES string of the molecule is COc1ccc(CNC2CCCC2)cc1OCc1ccccc1.O=C(O)C(=O)O. The van der Waals surface area contributed by atoms with E-state index in [-0.39, 0.29) is 0 Å². The molecule has 156 valence electrons. The summed E-state index contributed by atoms with van der Waals surface area (Å²) in [5.74, 6) is -2.06. The van der Waals surface area contributed by atoms with Gasteiger partial charge in [0, 0.05) is 12.6 Å². The van der Waals surface area contributed by atoms with Crippen LogP contribution in [0.5, 0.6) is 11.5 Å². The highest BCUT2D eigenvalue weighted by Gasteiger charge is 2.14. The number of carboxylic acids is 2. The van der Waals surface area contributed by atoms with Crippen LogP contribution in [0.3, 0.4) is 0 Å². The molecule has 0 radical (unpaired) electrons.